The number of halogens is 1. The third kappa shape index (κ3) is 3.05. The summed E-state index contributed by atoms with van der Waals surface area (Å²) in [4.78, 5) is 10.8. The molecule has 0 radical (unpaired) electrons. The summed E-state index contributed by atoms with van der Waals surface area (Å²) in [5.41, 5.74) is 0. The van der Waals surface area contributed by atoms with Gasteiger partial charge in [0.1, 0.15) is 5.75 Å². The van der Waals surface area contributed by atoms with Gasteiger partial charge in [0.25, 0.3) is 0 Å². The first-order chi connectivity index (χ1) is 6.74. The number of esters is 1. The first kappa shape index (κ1) is 10.5. The Hall–Kier alpha value is -1.58. The Morgan fingerprint density at radius 2 is 2.07 bits per heavy atom. The second-order valence-electron chi connectivity index (χ2n) is 2.50. The average molecular weight is 198 g/mol. The minimum atomic E-state index is -2.06. The van der Waals surface area contributed by atoms with E-state index >= 15 is 0 Å². The fraction of sp³-hybridized carbons (Fsp3) is 0.300. The molecule has 0 fully saturated rings. The molecule has 0 spiro atoms. The Labute approximate surface area is 81.4 Å². The molecule has 0 N–H and O–H groups in total. The molecule has 0 saturated heterocycles. The standard InChI is InChI=1S/C10H11FO3/c1-2-13-10(12)9(11)14-8-6-4-3-5-7-8/h3-7,9H,2H2,1H3. The van der Waals surface area contributed by atoms with Gasteiger partial charge in [0, 0.05) is 0 Å². The van der Waals surface area contributed by atoms with E-state index in [2.05, 4.69) is 9.47 Å². The van der Waals surface area contributed by atoms with Crippen molar-refractivity contribution in [3.05, 3.63) is 30.3 Å². The van der Waals surface area contributed by atoms with Crippen molar-refractivity contribution in [2.45, 2.75) is 13.3 Å². The first-order valence-corrected chi connectivity index (χ1v) is 4.26. The van der Waals surface area contributed by atoms with Gasteiger partial charge in [0.15, 0.2) is 0 Å². The monoisotopic (exact) mass is 198 g/mol. The third-order valence-electron chi connectivity index (χ3n) is 1.45. The van der Waals surface area contributed by atoms with Gasteiger partial charge in [-0.05, 0) is 19.1 Å². The second kappa shape index (κ2) is 5.21. The van der Waals surface area contributed by atoms with Crippen LogP contribution in [0.25, 0.3) is 0 Å². The van der Waals surface area contributed by atoms with Crippen LogP contribution in [0.15, 0.2) is 30.3 Å². The van der Waals surface area contributed by atoms with Crippen LogP contribution in [0.5, 0.6) is 5.75 Å². The predicted octanol–water partition coefficient (Wildman–Crippen LogP) is 1.92. The SMILES string of the molecule is CCOC(=O)C(F)Oc1ccccc1. The highest BCUT2D eigenvalue weighted by Crippen LogP contribution is 2.11. The Morgan fingerprint density at radius 1 is 1.43 bits per heavy atom. The summed E-state index contributed by atoms with van der Waals surface area (Å²) in [6.45, 7) is 1.74. The van der Waals surface area contributed by atoms with Gasteiger partial charge < -0.3 is 9.47 Å². The van der Waals surface area contributed by atoms with Crippen molar-refractivity contribution in [2.75, 3.05) is 6.61 Å². The minimum Gasteiger partial charge on any atom is -0.461 e. The number of benzene rings is 1. The fourth-order valence-electron chi connectivity index (χ4n) is 0.874. The molecule has 0 amide bonds. The van der Waals surface area contributed by atoms with Crippen molar-refractivity contribution < 1.29 is 18.7 Å². The molecule has 0 saturated carbocycles. The number of rotatable bonds is 4. The molecule has 1 unspecified atom stereocenters. The summed E-state index contributed by atoms with van der Waals surface area (Å²) in [6, 6.07) is 8.27. The second-order valence-corrected chi connectivity index (χ2v) is 2.50. The van der Waals surface area contributed by atoms with Gasteiger partial charge in [-0.3, -0.25) is 0 Å². The van der Waals surface area contributed by atoms with E-state index in [1.807, 2.05) is 0 Å². The van der Waals surface area contributed by atoms with E-state index in [1.165, 1.54) is 0 Å². The molecule has 76 valence electrons. The zero-order valence-electron chi connectivity index (χ0n) is 7.77. The molecule has 0 aliphatic carbocycles. The van der Waals surface area contributed by atoms with Gasteiger partial charge in [-0.15, -0.1) is 0 Å². The Morgan fingerprint density at radius 3 is 2.64 bits per heavy atom. The van der Waals surface area contributed by atoms with E-state index in [1.54, 1.807) is 37.3 Å². The maximum Gasteiger partial charge on any atom is 0.381 e. The van der Waals surface area contributed by atoms with Crippen LogP contribution in [0.3, 0.4) is 0 Å². The number of carbonyl (C=O) groups excluding carboxylic acids is 1. The van der Waals surface area contributed by atoms with Crippen molar-refractivity contribution in [3.8, 4) is 5.75 Å². The number of para-hydroxylation sites is 1. The van der Waals surface area contributed by atoms with E-state index < -0.39 is 12.3 Å². The van der Waals surface area contributed by atoms with Gasteiger partial charge in [-0.25, -0.2) is 4.79 Å². The fourth-order valence-corrected chi connectivity index (χ4v) is 0.874. The predicted molar refractivity (Wildman–Crippen MR) is 48.6 cm³/mol. The molecule has 0 aliphatic rings. The van der Waals surface area contributed by atoms with Crippen LogP contribution in [-0.2, 0) is 9.53 Å². The Kier molecular flexibility index (Phi) is 3.91. The average Bonchev–Trinajstić information content (AvgIpc) is 2.19. The van der Waals surface area contributed by atoms with E-state index in [4.69, 9.17) is 0 Å². The summed E-state index contributed by atoms with van der Waals surface area (Å²) in [6.07, 6.45) is -2.06. The van der Waals surface area contributed by atoms with Crippen molar-refractivity contribution in [2.24, 2.45) is 0 Å². The number of ether oxygens (including phenoxy) is 2. The summed E-state index contributed by atoms with van der Waals surface area (Å²) < 4.78 is 22.1. The molecule has 1 aromatic carbocycles. The molecule has 0 heterocycles. The van der Waals surface area contributed by atoms with Crippen LogP contribution in [0.2, 0.25) is 0 Å². The van der Waals surface area contributed by atoms with Crippen LogP contribution in [-0.4, -0.2) is 18.9 Å². The lowest BCUT2D eigenvalue weighted by Gasteiger charge is -2.09. The first-order valence-electron chi connectivity index (χ1n) is 4.26. The van der Waals surface area contributed by atoms with E-state index in [9.17, 15) is 9.18 Å². The lowest BCUT2D eigenvalue weighted by molar-refractivity contribution is -0.159. The molecule has 1 atom stereocenters. The normalized spacial score (nSPS) is 11.9. The molecular formula is C10H11FO3. The number of carbonyl (C=O) groups is 1. The molecule has 0 bridgehead atoms. The number of hydrogen-bond acceptors (Lipinski definition) is 3. The lowest BCUT2D eigenvalue weighted by Crippen LogP contribution is -2.24. The zero-order valence-corrected chi connectivity index (χ0v) is 7.77. The molecule has 14 heavy (non-hydrogen) atoms. The van der Waals surface area contributed by atoms with Gasteiger partial charge >= 0.3 is 12.3 Å². The minimum absolute atomic E-state index is 0.136. The smallest absolute Gasteiger partial charge is 0.381 e. The zero-order chi connectivity index (χ0) is 10.4. The highest BCUT2D eigenvalue weighted by atomic mass is 19.1. The maximum atomic E-state index is 13.0. The van der Waals surface area contributed by atoms with Crippen molar-refractivity contribution in [3.63, 3.8) is 0 Å². The topological polar surface area (TPSA) is 35.5 Å². The van der Waals surface area contributed by atoms with Crippen LogP contribution >= 0.6 is 0 Å². The Balaban J connectivity index is 2.49. The summed E-state index contributed by atoms with van der Waals surface area (Å²) in [7, 11) is 0. The molecule has 3 nitrogen and oxygen atoms in total. The van der Waals surface area contributed by atoms with E-state index in [0.29, 0.717) is 5.75 Å². The Bertz CT molecular complexity index is 287. The van der Waals surface area contributed by atoms with Gasteiger partial charge in [0.05, 0.1) is 6.61 Å². The molecule has 1 aromatic rings. The van der Waals surface area contributed by atoms with Gasteiger partial charge in [-0.1, -0.05) is 18.2 Å². The summed E-state index contributed by atoms with van der Waals surface area (Å²) in [5.74, 6) is -0.704. The van der Waals surface area contributed by atoms with Crippen LogP contribution in [0.1, 0.15) is 6.92 Å². The summed E-state index contributed by atoms with van der Waals surface area (Å²) in [5, 5.41) is 0. The van der Waals surface area contributed by atoms with Crippen LogP contribution < -0.4 is 4.74 Å². The number of alkyl halides is 1. The quantitative estimate of drug-likeness (QED) is 0.693. The molecular weight excluding hydrogens is 187 g/mol. The van der Waals surface area contributed by atoms with Gasteiger partial charge in [-0.2, -0.15) is 4.39 Å². The highest BCUT2D eigenvalue weighted by molar-refractivity contribution is 5.73. The van der Waals surface area contributed by atoms with Crippen molar-refractivity contribution >= 4 is 5.97 Å². The highest BCUT2D eigenvalue weighted by Gasteiger charge is 2.19. The molecule has 0 aliphatic heterocycles. The van der Waals surface area contributed by atoms with Gasteiger partial charge in [0.2, 0.25) is 0 Å². The molecule has 1 rings (SSSR count). The van der Waals surface area contributed by atoms with E-state index in [0.717, 1.165) is 0 Å². The number of hydrogen-bond donors (Lipinski definition) is 0. The van der Waals surface area contributed by atoms with Crippen molar-refractivity contribution in [1.82, 2.24) is 0 Å². The molecule has 0 aromatic heterocycles. The van der Waals surface area contributed by atoms with E-state index in [-0.39, 0.29) is 6.61 Å². The lowest BCUT2D eigenvalue weighted by atomic mass is 10.3. The summed E-state index contributed by atoms with van der Waals surface area (Å²) >= 11 is 0. The van der Waals surface area contributed by atoms with Crippen molar-refractivity contribution in [1.29, 1.82) is 0 Å². The van der Waals surface area contributed by atoms with Crippen LogP contribution in [0.4, 0.5) is 4.39 Å². The molecule has 4 heteroatoms. The van der Waals surface area contributed by atoms with Crippen LogP contribution in [0, 0.1) is 0 Å². The largest absolute Gasteiger partial charge is 0.461 e. The third-order valence-corrected chi connectivity index (χ3v) is 1.45. The maximum absolute atomic E-state index is 13.0.